The van der Waals surface area contributed by atoms with E-state index in [2.05, 4.69) is 0 Å². The van der Waals surface area contributed by atoms with Gasteiger partial charge in [-0.05, 0) is 6.42 Å². The zero-order valence-electron chi connectivity index (χ0n) is 5.11. The van der Waals surface area contributed by atoms with Crippen LogP contribution in [0.5, 0.6) is 0 Å². The molecule has 0 aliphatic heterocycles. The predicted molar refractivity (Wildman–Crippen MR) is 33.3 cm³/mol. The van der Waals surface area contributed by atoms with Crippen LogP contribution in [0, 0.1) is 5.41 Å². The molecule has 0 rings (SSSR count). The molecule has 2 nitrogen and oxygen atoms in total. The lowest BCUT2D eigenvalue weighted by molar-refractivity contribution is -0.112. The summed E-state index contributed by atoms with van der Waals surface area (Å²) in [6.45, 7) is 2.03. The lowest BCUT2D eigenvalue weighted by Gasteiger charge is -1.87. The van der Waals surface area contributed by atoms with Gasteiger partial charge in [0.2, 0.25) is 0 Å². The van der Waals surface area contributed by atoms with Crippen molar-refractivity contribution in [3.63, 3.8) is 0 Å². The molecule has 0 spiro atoms. The summed E-state index contributed by atoms with van der Waals surface area (Å²) >= 11 is 0. The van der Waals surface area contributed by atoms with E-state index in [9.17, 15) is 4.79 Å². The standard InChI is InChI=1S/C6H11NO/c1-2-3-4-6(8)5-7/h5,7H,2-4H2,1H3. The second-order valence-electron chi connectivity index (χ2n) is 1.71. The first-order valence-corrected chi connectivity index (χ1v) is 2.84. The zero-order chi connectivity index (χ0) is 6.41. The first-order valence-electron chi connectivity index (χ1n) is 2.84. The molecule has 1 N–H and O–H groups in total. The fourth-order valence-electron chi connectivity index (χ4n) is 0.423. The molecule has 0 radical (unpaired) electrons. The van der Waals surface area contributed by atoms with Gasteiger partial charge >= 0.3 is 0 Å². The van der Waals surface area contributed by atoms with E-state index in [4.69, 9.17) is 5.41 Å². The van der Waals surface area contributed by atoms with Gasteiger partial charge in [-0.15, -0.1) is 0 Å². The molecule has 0 bridgehead atoms. The van der Waals surface area contributed by atoms with Crippen LogP contribution in [0.4, 0.5) is 0 Å². The minimum absolute atomic E-state index is 0.0631. The highest BCUT2D eigenvalue weighted by atomic mass is 16.1. The smallest absolute Gasteiger partial charge is 0.173 e. The lowest BCUT2D eigenvalue weighted by Crippen LogP contribution is -1.95. The van der Waals surface area contributed by atoms with Gasteiger partial charge < -0.3 is 5.41 Å². The Morgan fingerprint density at radius 2 is 2.38 bits per heavy atom. The highest BCUT2D eigenvalue weighted by Gasteiger charge is 1.92. The fraction of sp³-hybridized carbons (Fsp3) is 0.667. The minimum atomic E-state index is -0.0631. The number of unbranched alkanes of at least 4 members (excludes halogenated alkanes) is 1. The highest BCUT2D eigenvalue weighted by Crippen LogP contribution is 1.92. The van der Waals surface area contributed by atoms with Crippen LogP contribution in [0.15, 0.2) is 0 Å². The molecule has 0 atom stereocenters. The summed E-state index contributed by atoms with van der Waals surface area (Å²) in [4.78, 5) is 10.3. The fourth-order valence-corrected chi connectivity index (χ4v) is 0.423. The maximum absolute atomic E-state index is 10.3. The Kier molecular flexibility index (Phi) is 4.13. The third kappa shape index (κ3) is 3.53. The van der Waals surface area contributed by atoms with Crippen LogP contribution in [0.3, 0.4) is 0 Å². The van der Waals surface area contributed by atoms with E-state index in [1.165, 1.54) is 0 Å². The third-order valence-electron chi connectivity index (χ3n) is 0.938. The van der Waals surface area contributed by atoms with E-state index in [0.29, 0.717) is 6.42 Å². The van der Waals surface area contributed by atoms with Gasteiger partial charge in [-0.3, -0.25) is 4.79 Å². The van der Waals surface area contributed by atoms with Crippen molar-refractivity contribution in [2.75, 3.05) is 0 Å². The van der Waals surface area contributed by atoms with Crippen molar-refractivity contribution in [2.24, 2.45) is 0 Å². The maximum atomic E-state index is 10.3. The topological polar surface area (TPSA) is 40.9 Å². The number of Topliss-reactive ketones (excluding diaryl/α,β-unsaturated/α-hetero) is 1. The summed E-state index contributed by atoms with van der Waals surface area (Å²) in [6.07, 6.45) is 3.36. The van der Waals surface area contributed by atoms with Crippen LogP contribution in [0.2, 0.25) is 0 Å². The van der Waals surface area contributed by atoms with Crippen molar-refractivity contribution < 1.29 is 4.79 Å². The third-order valence-corrected chi connectivity index (χ3v) is 0.938. The monoisotopic (exact) mass is 113 g/mol. The molecule has 0 unspecified atom stereocenters. The number of ketones is 1. The largest absolute Gasteiger partial charge is 0.305 e. The van der Waals surface area contributed by atoms with E-state index in [1.54, 1.807) is 0 Å². The van der Waals surface area contributed by atoms with Crippen LogP contribution >= 0.6 is 0 Å². The Morgan fingerprint density at radius 1 is 1.75 bits per heavy atom. The van der Waals surface area contributed by atoms with Crippen LogP contribution < -0.4 is 0 Å². The molecule has 0 heterocycles. The van der Waals surface area contributed by atoms with Gasteiger partial charge in [0.15, 0.2) is 5.78 Å². The Balaban J connectivity index is 3.11. The van der Waals surface area contributed by atoms with Gasteiger partial charge in [-0.1, -0.05) is 13.3 Å². The van der Waals surface area contributed by atoms with E-state index in [-0.39, 0.29) is 5.78 Å². The quantitative estimate of drug-likeness (QED) is 0.550. The number of rotatable bonds is 4. The molecule has 2 heteroatoms. The summed E-state index contributed by atoms with van der Waals surface area (Å²) in [6, 6.07) is 0. The Morgan fingerprint density at radius 3 is 2.75 bits per heavy atom. The van der Waals surface area contributed by atoms with Gasteiger partial charge in [0.1, 0.15) is 0 Å². The van der Waals surface area contributed by atoms with Gasteiger partial charge in [-0.25, -0.2) is 0 Å². The molecule has 0 fully saturated rings. The van der Waals surface area contributed by atoms with Crippen molar-refractivity contribution in [1.82, 2.24) is 0 Å². The summed E-state index contributed by atoms with van der Waals surface area (Å²) in [5.74, 6) is -0.0631. The zero-order valence-corrected chi connectivity index (χ0v) is 5.11. The molecule has 0 amide bonds. The van der Waals surface area contributed by atoms with Gasteiger partial charge in [0.25, 0.3) is 0 Å². The van der Waals surface area contributed by atoms with Gasteiger partial charge in [-0.2, -0.15) is 0 Å². The predicted octanol–water partition coefficient (Wildman–Crippen LogP) is 1.40. The molecule has 46 valence electrons. The Hall–Kier alpha value is -0.660. The summed E-state index contributed by atoms with van der Waals surface area (Å²) in [5.41, 5.74) is 0. The average Bonchev–Trinajstić information content (AvgIpc) is 1.83. The number of carbonyl (C=O) groups is 1. The SMILES string of the molecule is CCCCC(=O)C=N. The molecule has 0 aromatic carbocycles. The maximum Gasteiger partial charge on any atom is 0.173 e. The first kappa shape index (κ1) is 7.34. The molecule has 8 heavy (non-hydrogen) atoms. The normalized spacial score (nSPS) is 8.62. The van der Waals surface area contributed by atoms with Crippen LogP contribution in [-0.2, 0) is 4.79 Å². The Labute approximate surface area is 49.4 Å². The van der Waals surface area contributed by atoms with Crippen LogP contribution in [-0.4, -0.2) is 12.0 Å². The van der Waals surface area contributed by atoms with Crippen molar-refractivity contribution in [3.8, 4) is 0 Å². The van der Waals surface area contributed by atoms with Crippen molar-refractivity contribution in [1.29, 1.82) is 5.41 Å². The second-order valence-corrected chi connectivity index (χ2v) is 1.71. The molecule has 0 saturated carbocycles. The number of hydrogen-bond acceptors (Lipinski definition) is 2. The van der Waals surface area contributed by atoms with Gasteiger partial charge in [0.05, 0.1) is 6.21 Å². The lowest BCUT2D eigenvalue weighted by atomic mass is 10.2. The van der Waals surface area contributed by atoms with E-state index < -0.39 is 0 Å². The number of carbonyl (C=O) groups excluding carboxylic acids is 1. The van der Waals surface area contributed by atoms with Crippen LogP contribution in [0.25, 0.3) is 0 Å². The van der Waals surface area contributed by atoms with E-state index in [0.717, 1.165) is 19.1 Å². The molecular weight excluding hydrogens is 102 g/mol. The molecule has 0 saturated heterocycles. The molecule has 0 aromatic heterocycles. The Bertz CT molecular complexity index is 88.5. The minimum Gasteiger partial charge on any atom is -0.305 e. The number of nitrogens with one attached hydrogen (secondary N) is 1. The molecule has 0 aliphatic rings. The molecular formula is C6H11NO. The van der Waals surface area contributed by atoms with E-state index >= 15 is 0 Å². The van der Waals surface area contributed by atoms with Crippen molar-refractivity contribution in [3.05, 3.63) is 0 Å². The number of hydrogen-bond donors (Lipinski definition) is 1. The first-order chi connectivity index (χ1) is 3.81. The second kappa shape index (κ2) is 4.50. The van der Waals surface area contributed by atoms with Gasteiger partial charge in [0, 0.05) is 6.42 Å². The van der Waals surface area contributed by atoms with Crippen molar-refractivity contribution >= 4 is 12.0 Å². The highest BCUT2D eigenvalue weighted by molar-refractivity contribution is 6.26. The van der Waals surface area contributed by atoms with E-state index in [1.807, 2.05) is 6.92 Å². The summed E-state index contributed by atoms with van der Waals surface area (Å²) in [7, 11) is 0. The summed E-state index contributed by atoms with van der Waals surface area (Å²) < 4.78 is 0. The molecule has 0 aliphatic carbocycles. The van der Waals surface area contributed by atoms with Crippen LogP contribution in [0.1, 0.15) is 26.2 Å². The van der Waals surface area contributed by atoms with Crippen molar-refractivity contribution in [2.45, 2.75) is 26.2 Å². The molecule has 0 aromatic rings. The summed E-state index contributed by atoms with van der Waals surface area (Å²) in [5, 5.41) is 6.51. The average molecular weight is 113 g/mol.